The summed E-state index contributed by atoms with van der Waals surface area (Å²) >= 11 is 0. The molecule has 0 fully saturated rings. The van der Waals surface area contributed by atoms with E-state index in [0.717, 1.165) is 37.9 Å². The molecule has 0 aliphatic heterocycles. The zero-order valence-corrected chi connectivity index (χ0v) is 16.7. The van der Waals surface area contributed by atoms with Crippen molar-refractivity contribution < 1.29 is 19.1 Å². The number of nitrogens with one attached hydrogen (secondary N) is 1. The number of hydrogen-bond acceptors (Lipinski definition) is 4. The van der Waals surface area contributed by atoms with Crippen molar-refractivity contribution in [3.8, 4) is 5.75 Å². The highest BCUT2D eigenvalue weighted by molar-refractivity contribution is 6.04. The maximum Gasteiger partial charge on any atom is 0.338 e. The number of unbranched alkanes of at least 4 members (excludes halogenated alkanes) is 3. The first-order valence-corrected chi connectivity index (χ1v) is 9.95. The standard InChI is InChI=1S/C23H29NO4/c1-3-5-7-17-28-23(26)19-8-12-20(13-9-19)24-22(25)18-10-14-21(15-11-18)27-16-6-4-2/h8-15H,3-7,16-17H2,1-2H3,(H,24,25). The molecule has 2 aromatic carbocycles. The SMILES string of the molecule is CCCCCOC(=O)c1ccc(NC(=O)c2ccc(OCCCC)cc2)cc1. The van der Waals surface area contributed by atoms with Gasteiger partial charge in [-0.2, -0.15) is 0 Å². The van der Waals surface area contributed by atoms with E-state index in [1.165, 1.54) is 0 Å². The van der Waals surface area contributed by atoms with Crippen LogP contribution in [0, 0.1) is 0 Å². The van der Waals surface area contributed by atoms with Gasteiger partial charge < -0.3 is 14.8 Å². The monoisotopic (exact) mass is 383 g/mol. The van der Waals surface area contributed by atoms with E-state index < -0.39 is 0 Å². The highest BCUT2D eigenvalue weighted by atomic mass is 16.5. The number of ether oxygens (including phenoxy) is 2. The van der Waals surface area contributed by atoms with Crippen LogP contribution >= 0.6 is 0 Å². The Morgan fingerprint density at radius 2 is 1.43 bits per heavy atom. The average Bonchev–Trinajstić information content (AvgIpc) is 2.72. The lowest BCUT2D eigenvalue weighted by atomic mass is 10.1. The Labute approximate surface area is 167 Å². The quantitative estimate of drug-likeness (QED) is 0.413. The normalized spacial score (nSPS) is 10.4. The summed E-state index contributed by atoms with van der Waals surface area (Å²) in [4.78, 5) is 24.3. The highest BCUT2D eigenvalue weighted by Gasteiger charge is 2.09. The molecule has 2 rings (SSSR count). The van der Waals surface area contributed by atoms with Crippen molar-refractivity contribution in [3.05, 3.63) is 59.7 Å². The maximum absolute atomic E-state index is 12.4. The van der Waals surface area contributed by atoms with Crippen molar-refractivity contribution in [1.29, 1.82) is 0 Å². The number of esters is 1. The summed E-state index contributed by atoms with van der Waals surface area (Å²) < 4.78 is 10.8. The van der Waals surface area contributed by atoms with Gasteiger partial charge in [0.15, 0.2) is 0 Å². The Balaban J connectivity index is 1.85. The molecule has 0 aliphatic carbocycles. The molecule has 0 aliphatic rings. The Bertz CT molecular complexity index is 738. The number of carbonyl (C=O) groups excluding carboxylic acids is 2. The van der Waals surface area contributed by atoms with E-state index in [4.69, 9.17) is 9.47 Å². The lowest BCUT2D eigenvalue weighted by molar-refractivity contribution is 0.0498. The molecule has 0 aromatic heterocycles. The van der Waals surface area contributed by atoms with Gasteiger partial charge in [-0.25, -0.2) is 4.79 Å². The number of anilines is 1. The molecule has 150 valence electrons. The Kier molecular flexibility index (Phi) is 9.05. The number of benzene rings is 2. The van der Waals surface area contributed by atoms with Gasteiger partial charge in [-0.1, -0.05) is 33.1 Å². The first-order valence-electron chi connectivity index (χ1n) is 9.95. The van der Waals surface area contributed by atoms with E-state index in [0.29, 0.717) is 30.0 Å². The molecule has 0 spiro atoms. The summed E-state index contributed by atoms with van der Waals surface area (Å²) in [7, 11) is 0. The molecule has 2 aromatic rings. The summed E-state index contributed by atoms with van der Waals surface area (Å²) in [6.07, 6.45) is 5.09. The second-order valence-corrected chi connectivity index (χ2v) is 6.60. The lowest BCUT2D eigenvalue weighted by Gasteiger charge is -2.08. The van der Waals surface area contributed by atoms with Crippen molar-refractivity contribution >= 4 is 17.6 Å². The van der Waals surface area contributed by atoms with Gasteiger partial charge in [-0.15, -0.1) is 0 Å². The summed E-state index contributed by atoms with van der Waals surface area (Å²) in [5, 5.41) is 2.82. The van der Waals surface area contributed by atoms with Crippen LogP contribution in [0.25, 0.3) is 0 Å². The molecule has 1 amide bonds. The molecule has 0 bridgehead atoms. The van der Waals surface area contributed by atoms with Gasteiger partial charge in [0.1, 0.15) is 5.75 Å². The molecule has 0 heterocycles. The summed E-state index contributed by atoms with van der Waals surface area (Å²) in [6, 6.07) is 13.8. The highest BCUT2D eigenvalue weighted by Crippen LogP contribution is 2.16. The van der Waals surface area contributed by atoms with Crippen LogP contribution in [0.15, 0.2) is 48.5 Å². The largest absolute Gasteiger partial charge is 0.494 e. The minimum atomic E-state index is -0.340. The fourth-order valence-electron chi connectivity index (χ4n) is 2.53. The predicted molar refractivity (Wildman–Crippen MR) is 111 cm³/mol. The van der Waals surface area contributed by atoms with Crippen LogP contribution in [0.5, 0.6) is 5.75 Å². The fraction of sp³-hybridized carbons (Fsp3) is 0.391. The molecule has 0 radical (unpaired) electrons. The molecule has 0 atom stereocenters. The molecule has 5 nitrogen and oxygen atoms in total. The molecule has 0 saturated carbocycles. The Morgan fingerprint density at radius 1 is 0.786 bits per heavy atom. The van der Waals surface area contributed by atoms with Crippen LogP contribution in [0.1, 0.15) is 66.7 Å². The third kappa shape index (κ3) is 7.06. The van der Waals surface area contributed by atoms with Crippen LogP contribution in [-0.2, 0) is 4.74 Å². The third-order valence-electron chi connectivity index (χ3n) is 4.24. The molecule has 0 saturated heterocycles. The van der Waals surface area contributed by atoms with Crippen molar-refractivity contribution in [2.75, 3.05) is 18.5 Å². The summed E-state index contributed by atoms with van der Waals surface area (Å²) in [5.41, 5.74) is 1.64. The molecule has 1 N–H and O–H groups in total. The van der Waals surface area contributed by atoms with Crippen LogP contribution in [-0.4, -0.2) is 25.1 Å². The van der Waals surface area contributed by atoms with E-state index in [-0.39, 0.29) is 11.9 Å². The first-order chi connectivity index (χ1) is 13.6. The van der Waals surface area contributed by atoms with Gasteiger partial charge in [0.25, 0.3) is 5.91 Å². The second-order valence-electron chi connectivity index (χ2n) is 6.60. The molecule has 5 heteroatoms. The van der Waals surface area contributed by atoms with Crippen LogP contribution in [0.2, 0.25) is 0 Å². The second kappa shape index (κ2) is 11.8. The molecule has 28 heavy (non-hydrogen) atoms. The summed E-state index contributed by atoms with van der Waals surface area (Å²) in [6.45, 7) is 5.32. The molecular formula is C23H29NO4. The minimum absolute atomic E-state index is 0.213. The number of hydrogen-bond donors (Lipinski definition) is 1. The smallest absolute Gasteiger partial charge is 0.338 e. The molecular weight excluding hydrogens is 354 g/mol. The molecule has 0 unspecified atom stereocenters. The van der Waals surface area contributed by atoms with Crippen LogP contribution in [0.3, 0.4) is 0 Å². The van der Waals surface area contributed by atoms with Gasteiger partial charge in [0.05, 0.1) is 18.8 Å². The van der Waals surface area contributed by atoms with Crippen molar-refractivity contribution in [3.63, 3.8) is 0 Å². The number of amides is 1. The van der Waals surface area contributed by atoms with Gasteiger partial charge in [0, 0.05) is 11.3 Å². The van der Waals surface area contributed by atoms with E-state index >= 15 is 0 Å². The maximum atomic E-state index is 12.4. The van der Waals surface area contributed by atoms with E-state index in [9.17, 15) is 9.59 Å². The van der Waals surface area contributed by atoms with Crippen molar-refractivity contribution in [1.82, 2.24) is 0 Å². The van der Waals surface area contributed by atoms with Gasteiger partial charge >= 0.3 is 5.97 Å². The lowest BCUT2D eigenvalue weighted by Crippen LogP contribution is -2.12. The topological polar surface area (TPSA) is 64.6 Å². The predicted octanol–water partition coefficient (Wildman–Crippen LogP) is 5.46. The van der Waals surface area contributed by atoms with E-state index in [1.807, 2.05) is 0 Å². The fourth-order valence-corrected chi connectivity index (χ4v) is 2.53. The Morgan fingerprint density at radius 3 is 2.07 bits per heavy atom. The van der Waals surface area contributed by atoms with Crippen molar-refractivity contribution in [2.45, 2.75) is 46.0 Å². The number of carbonyl (C=O) groups is 2. The minimum Gasteiger partial charge on any atom is -0.494 e. The zero-order valence-electron chi connectivity index (χ0n) is 16.7. The van der Waals surface area contributed by atoms with Gasteiger partial charge in [0.2, 0.25) is 0 Å². The first kappa shape index (κ1) is 21.5. The summed E-state index contributed by atoms with van der Waals surface area (Å²) in [5.74, 6) is 0.203. The van der Waals surface area contributed by atoms with Gasteiger partial charge in [-0.3, -0.25) is 4.79 Å². The van der Waals surface area contributed by atoms with Crippen molar-refractivity contribution in [2.24, 2.45) is 0 Å². The van der Waals surface area contributed by atoms with Crippen LogP contribution < -0.4 is 10.1 Å². The number of rotatable bonds is 11. The van der Waals surface area contributed by atoms with Crippen LogP contribution in [0.4, 0.5) is 5.69 Å². The third-order valence-corrected chi connectivity index (χ3v) is 4.24. The van der Waals surface area contributed by atoms with Gasteiger partial charge in [-0.05, 0) is 61.4 Å². The van der Waals surface area contributed by atoms with E-state index in [1.54, 1.807) is 48.5 Å². The van der Waals surface area contributed by atoms with E-state index in [2.05, 4.69) is 19.2 Å². The Hall–Kier alpha value is -2.82. The zero-order chi connectivity index (χ0) is 20.2. The average molecular weight is 383 g/mol.